The van der Waals surface area contributed by atoms with Crippen molar-refractivity contribution in [3.63, 3.8) is 0 Å². The number of aliphatic imine (C=N–C) groups is 1. The minimum atomic E-state index is -3.63. The molecule has 3 atom stereocenters. The van der Waals surface area contributed by atoms with Gasteiger partial charge in [-0.3, -0.25) is 4.99 Å². The molecule has 4 heterocycles. The summed E-state index contributed by atoms with van der Waals surface area (Å²) in [6.45, 7) is 0.767. The average molecular weight is 569 g/mol. The second-order valence-corrected chi connectivity index (χ2v) is 12.6. The van der Waals surface area contributed by atoms with Crippen molar-refractivity contribution < 1.29 is 13.5 Å². The SMILES string of the molecule is O=S(=O)(c1ccc(Cl)cc1)N1CCC[C@@H](Nc2nccc(C3C(c4cccc(O)c4)N=C4SC=CN43)n2)C1. The van der Waals surface area contributed by atoms with E-state index in [1.807, 2.05) is 29.8 Å². The summed E-state index contributed by atoms with van der Waals surface area (Å²) in [6, 6.07) is 14.7. The zero-order valence-corrected chi connectivity index (χ0v) is 22.6. The molecule has 3 aliphatic heterocycles. The lowest BCUT2D eigenvalue weighted by Gasteiger charge is -2.32. The van der Waals surface area contributed by atoms with Crippen LogP contribution in [-0.4, -0.2) is 57.0 Å². The Kier molecular flexibility index (Phi) is 6.77. The molecular weight excluding hydrogens is 544 g/mol. The third kappa shape index (κ3) is 4.86. The first-order chi connectivity index (χ1) is 18.4. The maximum absolute atomic E-state index is 13.2. The summed E-state index contributed by atoms with van der Waals surface area (Å²) in [4.78, 5) is 16.5. The number of benzene rings is 2. The zero-order chi connectivity index (χ0) is 26.3. The fourth-order valence-corrected chi connectivity index (χ4v) is 7.46. The minimum Gasteiger partial charge on any atom is -0.508 e. The van der Waals surface area contributed by atoms with E-state index in [1.165, 1.54) is 16.4 Å². The Balaban J connectivity index is 1.22. The van der Waals surface area contributed by atoms with Gasteiger partial charge in [0.2, 0.25) is 16.0 Å². The Hall–Kier alpha value is -3.12. The number of sulfonamides is 1. The van der Waals surface area contributed by atoms with Gasteiger partial charge in [-0.2, -0.15) is 4.31 Å². The molecule has 3 aromatic rings. The van der Waals surface area contributed by atoms with Crippen LogP contribution in [0.25, 0.3) is 0 Å². The number of rotatable bonds is 6. The quantitative estimate of drug-likeness (QED) is 0.437. The fraction of sp³-hybridized carbons (Fsp3) is 0.269. The van der Waals surface area contributed by atoms with E-state index in [9.17, 15) is 13.5 Å². The van der Waals surface area contributed by atoms with Gasteiger partial charge in [0.25, 0.3) is 0 Å². The molecule has 1 saturated heterocycles. The van der Waals surface area contributed by atoms with Crippen molar-refractivity contribution in [2.75, 3.05) is 18.4 Å². The van der Waals surface area contributed by atoms with Crippen LogP contribution in [0.5, 0.6) is 5.75 Å². The Morgan fingerprint density at radius 2 is 1.97 bits per heavy atom. The number of phenols is 1. The Labute approximate surface area is 230 Å². The number of amidine groups is 1. The monoisotopic (exact) mass is 568 g/mol. The summed E-state index contributed by atoms with van der Waals surface area (Å²) in [7, 11) is -3.63. The van der Waals surface area contributed by atoms with E-state index < -0.39 is 10.0 Å². The van der Waals surface area contributed by atoms with Crippen molar-refractivity contribution in [1.82, 2.24) is 19.2 Å². The second kappa shape index (κ2) is 10.2. The first kappa shape index (κ1) is 25.2. The molecule has 1 fully saturated rings. The smallest absolute Gasteiger partial charge is 0.243 e. The largest absolute Gasteiger partial charge is 0.508 e. The van der Waals surface area contributed by atoms with Crippen LogP contribution in [-0.2, 0) is 10.0 Å². The van der Waals surface area contributed by atoms with Crippen molar-refractivity contribution in [3.8, 4) is 5.75 Å². The number of anilines is 1. The lowest BCUT2D eigenvalue weighted by atomic mass is 9.97. The third-order valence-electron chi connectivity index (χ3n) is 6.82. The van der Waals surface area contributed by atoms with Crippen molar-refractivity contribution in [2.45, 2.75) is 35.9 Å². The van der Waals surface area contributed by atoms with Crippen LogP contribution in [0.4, 0.5) is 5.95 Å². The molecule has 9 nitrogen and oxygen atoms in total. The molecular formula is C26H25ClN6O3S2. The van der Waals surface area contributed by atoms with Gasteiger partial charge in [0.05, 0.1) is 10.6 Å². The van der Waals surface area contributed by atoms with E-state index in [-0.39, 0.29) is 28.8 Å². The van der Waals surface area contributed by atoms with Crippen LogP contribution in [0.15, 0.2) is 82.3 Å². The highest BCUT2D eigenvalue weighted by Gasteiger charge is 2.40. The van der Waals surface area contributed by atoms with Gasteiger partial charge in [0.15, 0.2) is 5.17 Å². The van der Waals surface area contributed by atoms with Crippen LogP contribution < -0.4 is 5.32 Å². The molecule has 0 aliphatic carbocycles. The van der Waals surface area contributed by atoms with Gasteiger partial charge in [0, 0.05) is 36.6 Å². The van der Waals surface area contributed by atoms with E-state index in [0.717, 1.165) is 29.3 Å². The normalized spacial score (nSPS) is 23.3. The Bertz CT molecular complexity index is 1520. The maximum Gasteiger partial charge on any atom is 0.243 e. The van der Waals surface area contributed by atoms with Gasteiger partial charge < -0.3 is 15.3 Å². The first-order valence-corrected chi connectivity index (χ1v) is 14.9. The van der Waals surface area contributed by atoms with Crippen LogP contribution in [0.2, 0.25) is 5.02 Å². The molecule has 1 aromatic heterocycles. The average Bonchev–Trinajstić information content (AvgIpc) is 3.51. The molecule has 2 unspecified atom stereocenters. The Morgan fingerprint density at radius 1 is 1.13 bits per heavy atom. The summed E-state index contributed by atoms with van der Waals surface area (Å²) in [6.07, 6.45) is 5.22. The number of piperidine rings is 1. The predicted octanol–water partition coefficient (Wildman–Crippen LogP) is 4.77. The number of hydrogen-bond acceptors (Lipinski definition) is 9. The zero-order valence-electron chi connectivity index (χ0n) is 20.2. The summed E-state index contributed by atoms with van der Waals surface area (Å²) in [5.41, 5.74) is 1.68. The minimum absolute atomic E-state index is 0.138. The molecule has 3 aliphatic rings. The fourth-order valence-electron chi connectivity index (χ4n) is 5.03. The molecule has 0 amide bonds. The molecule has 6 rings (SSSR count). The topological polar surface area (TPSA) is 111 Å². The van der Waals surface area contributed by atoms with Crippen LogP contribution in [0.3, 0.4) is 0 Å². The predicted molar refractivity (Wildman–Crippen MR) is 148 cm³/mol. The summed E-state index contributed by atoms with van der Waals surface area (Å²) >= 11 is 7.49. The number of halogens is 1. The summed E-state index contributed by atoms with van der Waals surface area (Å²) < 4.78 is 27.9. The molecule has 12 heteroatoms. The summed E-state index contributed by atoms with van der Waals surface area (Å²) in [5, 5.41) is 16.8. The molecule has 0 bridgehead atoms. The number of phenolic OH excluding ortho intramolecular Hbond substituents is 1. The number of fused-ring (bicyclic) bond motifs is 1. The molecule has 0 radical (unpaired) electrons. The van der Waals surface area contributed by atoms with E-state index in [0.29, 0.717) is 24.1 Å². The number of nitrogens with one attached hydrogen (secondary N) is 1. The third-order valence-corrected chi connectivity index (χ3v) is 9.74. The number of thioether (sulfide) groups is 1. The standard InChI is InChI=1S/C26H25ClN6O3S2/c27-18-6-8-21(9-7-18)38(35,36)32-12-2-4-19(16-32)29-25-28-11-10-22(30-25)24-23(17-3-1-5-20(34)15-17)31-26-33(24)13-14-37-26/h1,3,5-11,13-15,19,23-24,34H,2,4,12,16H2,(H,28,29,30)/t19-,23?,24?/m1/s1. The molecule has 196 valence electrons. The van der Waals surface area contributed by atoms with Crippen molar-refractivity contribution in [3.05, 3.63) is 88.7 Å². The van der Waals surface area contributed by atoms with Gasteiger partial charge in [-0.25, -0.2) is 18.4 Å². The molecule has 0 spiro atoms. The van der Waals surface area contributed by atoms with Crippen LogP contribution >= 0.6 is 23.4 Å². The van der Waals surface area contributed by atoms with Gasteiger partial charge in [-0.05, 0) is 66.3 Å². The van der Waals surface area contributed by atoms with Crippen LogP contribution in [0, 0.1) is 0 Å². The summed E-state index contributed by atoms with van der Waals surface area (Å²) in [5.74, 6) is 0.634. The van der Waals surface area contributed by atoms with Crippen molar-refractivity contribution in [1.29, 1.82) is 0 Å². The Morgan fingerprint density at radius 3 is 2.79 bits per heavy atom. The first-order valence-electron chi connectivity index (χ1n) is 12.2. The van der Waals surface area contributed by atoms with E-state index in [4.69, 9.17) is 21.6 Å². The highest BCUT2D eigenvalue weighted by atomic mass is 35.5. The molecule has 2 aromatic carbocycles. The van der Waals surface area contributed by atoms with Gasteiger partial charge in [0.1, 0.15) is 17.8 Å². The van der Waals surface area contributed by atoms with Crippen molar-refractivity contribution in [2.24, 2.45) is 4.99 Å². The van der Waals surface area contributed by atoms with Crippen molar-refractivity contribution >= 4 is 44.5 Å². The highest BCUT2D eigenvalue weighted by Crippen LogP contribution is 2.46. The molecule has 0 saturated carbocycles. The maximum atomic E-state index is 13.2. The van der Waals surface area contributed by atoms with Gasteiger partial charge in [-0.1, -0.05) is 35.5 Å². The number of aromatic hydroxyl groups is 1. The lowest BCUT2D eigenvalue weighted by molar-refractivity contribution is 0.326. The van der Waals surface area contributed by atoms with Crippen LogP contribution in [0.1, 0.15) is 36.2 Å². The number of nitrogens with zero attached hydrogens (tertiary/aromatic N) is 5. The van der Waals surface area contributed by atoms with Gasteiger partial charge in [-0.15, -0.1) is 0 Å². The second-order valence-electron chi connectivity index (χ2n) is 9.31. The van der Waals surface area contributed by atoms with E-state index >= 15 is 0 Å². The van der Waals surface area contributed by atoms with E-state index in [2.05, 4.69) is 15.2 Å². The number of aromatic nitrogens is 2. The molecule has 38 heavy (non-hydrogen) atoms. The molecule has 2 N–H and O–H groups in total. The number of hydrogen-bond donors (Lipinski definition) is 2. The van der Waals surface area contributed by atoms with Gasteiger partial charge >= 0.3 is 0 Å². The highest BCUT2D eigenvalue weighted by molar-refractivity contribution is 8.16. The van der Waals surface area contributed by atoms with E-state index in [1.54, 1.807) is 42.2 Å². The lowest BCUT2D eigenvalue weighted by Crippen LogP contribution is -2.45.